The molecule has 0 saturated carbocycles. The number of aryl methyl sites for hydroxylation is 1. The number of aromatic nitrogens is 3. The van der Waals surface area contributed by atoms with Crippen molar-refractivity contribution in [1.82, 2.24) is 14.9 Å². The van der Waals surface area contributed by atoms with Crippen LogP contribution < -0.4 is 5.32 Å². The highest BCUT2D eigenvalue weighted by Crippen LogP contribution is 2.06. The first kappa shape index (κ1) is 9.45. The Bertz CT molecular complexity index is 446. The van der Waals surface area contributed by atoms with Crippen LogP contribution in [0.15, 0.2) is 29.0 Å². The van der Waals surface area contributed by atoms with Crippen molar-refractivity contribution in [2.75, 3.05) is 5.32 Å². The van der Waals surface area contributed by atoms with Crippen molar-refractivity contribution in [3.05, 3.63) is 30.3 Å². The van der Waals surface area contributed by atoms with Crippen molar-refractivity contribution in [3.63, 3.8) is 0 Å². The molecule has 78 valence electrons. The summed E-state index contributed by atoms with van der Waals surface area (Å²) < 4.78 is 6.34. The Morgan fingerprint density at radius 2 is 2.53 bits per heavy atom. The Morgan fingerprint density at radius 1 is 1.67 bits per heavy atom. The Kier molecular flexibility index (Phi) is 2.49. The van der Waals surface area contributed by atoms with Gasteiger partial charge in [-0.3, -0.25) is 9.48 Å². The molecule has 0 radical (unpaired) electrons. The third-order valence-corrected chi connectivity index (χ3v) is 1.76. The summed E-state index contributed by atoms with van der Waals surface area (Å²) in [6.07, 6.45) is 3.33. The summed E-state index contributed by atoms with van der Waals surface area (Å²) in [7, 11) is 0. The van der Waals surface area contributed by atoms with Crippen molar-refractivity contribution < 1.29 is 9.32 Å². The molecule has 6 nitrogen and oxygen atoms in total. The zero-order valence-corrected chi connectivity index (χ0v) is 8.17. The third kappa shape index (κ3) is 2.43. The van der Waals surface area contributed by atoms with Gasteiger partial charge in [-0.05, 0) is 13.0 Å². The van der Waals surface area contributed by atoms with E-state index in [-0.39, 0.29) is 12.5 Å². The largest absolute Gasteiger partial charge is 0.360 e. The molecular weight excluding hydrogens is 196 g/mol. The van der Waals surface area contributed by atoms with Crippen molar-refractivity contribution in [3.8, 4) is 0 Å². The van der Waals surface area contributed by atoms with E-state index >= 15 is 0 Å². The lowest BCUT2D eigenvalue weighted by Gasteiger charge is -2.00. The van der Waals surface area contributed by atoms with Crippen LogP contribution in [0.1, 0.15) is 5.76 Å². The molecule has 0 aliphatic rings. The molecule has 1 N–H and O–H groups in total. The van der Waals surface area contributed by atoms with Gasteiger partial charge in [0.2, 0.25) is 5.91 Å². The van der Waals surface area contributed by atoms with Gasteiger partial charge in [0.15, 0.2) is 5.82 Å². The predicted molar refractivity (Wildman–Crippen MR) is 52.1 cm³/mol. The van der Waals surface area contributed by atoms with Crippen molar-refractivity contribution in [2.45, 2.75) is 13.5 Å². The Hall–Kier alpha value is -2.11. The van der Waals surface area contributed by atoms with E-state index in [2.05, 4.69) is 15.6 Å². The first-order valence-corrected chi connectivity index (χ1v) is 4.44. The van der Waals surface area contributed by atoms with Gasteiger partial charge in [-0.15, -0.1) is 0 Å². The lowest BCUT2D eigenvalue weighted by Crippen LogP contribution is -2.19. The number of nitrogens with one attached hydrogen (secondary N) is 1. The zero-order valence-electron chi connectivity index (χ0n) is 8.17. The van der Waals surface area contributed by atoms with Crippen molar-refractivity contribution in [2.24, 2.45) is 0 Å². The molecule has 0 aliphatic heterocycles. The van der Waals surface area contributed by atoms with Crippen LogP contribution in [0.2, 0.25) is 0 Å². The molecule has 2 heterocycles. The summed E-state index contributed by atoms with van der Waals surface area (Å²) in [6.45, 7) is 1.93. The summed E-state index contributed by atoms with van der Waals surface area (Å²) in [5.74, 6) is 0.890. The first-order chi connectivity index (χ1) is 7.24. The highest BCUT2D eigenvalue weighted by atomic mass is 16.5. The van der Waals surface area contributed by atoms with Crippen LogP contribution in [0.4, 0.5) is 5.82 Å². The molecule has 1 amide bonds. The SMILES string of the molecule is Cc1cc(NC(=O)Cn2cccn2)no1. The fourth-order valence-corrected chi connectivity index (χ4v) is 1.15. The van der Waals surface area contributed by atoms with E-state index in [1.165, 1.54) is 4.68 Å². The maximum Gasteiger partial charge on any atom is 0.247 e. The second kappa shape index (κ2) is 3.95. The topological polar surface area (TPSA) is 73.0 Å². The molecule has 2 aromatic rings. The second-order valence-electron chi connectivity index (χ2n) is 3.07. The van der Waals surface area contributed by atoms with Crippen molar-refractivity contribution >= 4 is 11.7 Å². The van der Waals surface area contributed by atoms with Gasteiger partial charge in [-0.25, -0.2) is 0 Å². The van der Waals surface area contributed by atoms with Crippen LogP contribution in [0.3, 0.4) is 0 Å². The normalized spacial score (nSPS) is 10.2. The number of amides is 1. The molecule has 6 heteroatoms. The second-order valence-corrected chi connectivity index (χ2v) is 3.07. The lowest BCUT2D eigenvalue weighted by atomic mass is 10.5. The summed E-state index contributed by atoms with van der Waals surface area (Å²) >= 11 is 0. The maximum absolute atomic E-state index is 11.4. The van der Waals surface area contributed by atoms with Crippen LogP contribution in [0, 0.1) is 6.92 Å². The molecule has 0 spiro atoms. The van der Waals surface area contributed by atoms with E-state index in [0.717, 1.165) is 0 Å². The van der Waals surface area contributed by atoms with E-state index in [1.807, 2.05) is 0 Å². The molecule has 0 aliphatic carbocycles. The van der Waals surface area contributed by atoms with Gasteiger partial charge in [-0.1, -0.05) is 5.16 Å². The highest BCUT2D eigenvalue weighted by Gasteiger charge is 2.06. The Labute approximate surface area is 85.9 Å². The number of anilines is 1. The minimum absolute atomic E-state index is 0.166. The van der Waals surface area contributed by atoms with E-state index < -0.39 is 0 Å². The average molecular weight is 206 g/mol. The molecule has 2 rings (SSSR count). The standard InChI is InChI=1S/C9H10N4O2/c1-7-5-8(12-15-7)11-9(14)6-13-4-2-3-10-13/h2-5H,6H2,1H3,(H,11,12,14). The molecule has 0 bridgehead atoms. The first-order valence-electron chi connectivity index (χ1n) is 4.44. The van der Waals surface area contributed by atoms with Crippen LogP contribution in [-0.2, 0) is 11.3 Å². The van der Waals surface area contributed by atoms with Crippen LogP contribution in [0.25, 0.3) is 0 Å². The molecule has 15 heavy (non-hydrogen) atoms. The highest BCUT2D eigenvalue weighted by molar-refractivity contribution is 5.89. The van der Waals surface area contributed by atoms with Gasteiger partial charge in [-0.2, -0.15) is 5.10 Å². The average Bonchev–Trinajstić information content (AvgIpc) is 2.77. The van der Waals surface area contributed by atoms with E-state index in [9.17, 15) is 4.79 Å². The van der Waals surface area contributed by atoms with Crippen LogP contribution in [-0.4, -0.2) is 20.8 Å². The molecule has 0 atom stereocenters. The van der Waals surface area contributed by atoms with Gasteiger partial charge in [0.25, 0.3) is 0 Å². The maximum atomic E-state index is 11.4. The quantitative estimate of drug-likeness (QED) is 0.806. The van der Waals surface area contributed by atoms with Crippen LogP contribution in [0.5, 0.6) is 0 Å². The molecule has 0 saturated heterocycles. The molecular formula is C9H10N4O2. The van der Waals surface area contributed by atoms with Crippen molar-refractivity contribution in [1.29, 1.82) is 0 Å². The fraction of sp³-hybridized carbons (Fsp3) is 0.222. The number of rotatable bonds is 3. The van der Waals surface area contributed by atoms with E-state index in [0.29, 0.717) is 11.6 Å². The fourth-order valence-electron chi connectivity index (χ4n) is 1.15. The summed E-state index contributed by atoms with van der Waals surface area (Å²) in [6, 6.07) is 3.41. The zero-order chi connectivity index (χ0) is 10.7. The number of hydrogen-bond donors (Lipinski definition) is 1. The minimum Gasteiger partial charge on any atom is -0.360 e. The Morgan fingerprint density at radius 3 is 3.13 bits per heavy atom. The number of carbonyl (C=O) groups excluding carboxylic acids is 1. The van der Waals surface area contributed by atoms with Gasteiger partial charge < -0.3 is 9.84 Å². The summed E-state index contributed by atoms with van der Waals surface area (Å²) in [5.41, 5.74) is 0. The van der Waals surface area contributed by atoms with Gasteiger partial charge >= 0.3 is 0 Å². The molecule has 0 fully saturated rings. The molecule has 2 aromatic heterocycles. The minimum atomic E-state index is -0.188. The monoisotopic (exact) mass is 206 g/mol. The van der Waals surface area contributed by atoms with Crippen LogP contribution >= 0.6 is 0 Å². The van der Waals surface area contributed by atoms with E-state index in [4.69, 9.17) is 4.52 Å². The number of hydrogen-bond acceptors (Lipinski definition) is 4. The smallest absolute Gasteiger partial charge is 0.247 e. The lowest BCUT2D eigenvalue weighted by molar-refractivity contribution is -0.116. The third-order valence-electron chi connectivity index (χ3n) is 1.76. The van der Waals surface area contributed by atoms with Gasteiger partial charge in [0.05, 0.1) is 0 Å². The molecule has 0 unspecified atom stereocenters. The predicted octanol–water partition coefficient (Wildman–Crippen LogP) is 0.818. The summed E-state index contributed by atoms with van der Waals surface area (Å²) in [4.78, 5) is 11.4. The van der Waals surface area contributed by atoms with Gasteiger partial charge in [0.1, 0.15) is 12.3 Å². The summed E-state index contributed by atoms with van der Waals surface area (Å²) in [5, 5.41) is 10.2. The number of nitrogens with zero attached hydrogens (tertiary/aromatic N) is 3. The van der Waals surface area contributed by atoms with Gasteiger partial charge in [0, 0.05) is 18.5 Å². The Balaban J connectivity index is 1.93. The number of carbonyl (C=O) groups is 1. The van der Waals surface area contributed by atoms with E-state index in [1.54, 1.807) is 31.5 Å². The molecule has 0 aromatic carbocycles.